The number of amides is 2. The van der Waals surface area contributed by atoms with E-state index in [9.17, 15) is 31.9 Å². The van der Waals surface area contributed by atoms with Gasteiger partial charge in [-0.1, -0.05) is 65.3 Å². The number of ether oxygens (including phenoxy) is 1. The van der Waals surface area contributed by atoms with Gasteiger partial charge in [0.15, 0.2) is 23.3 Å². The van der Waals surface area contributed by atoms with Gasteiger partial charge in [-0.05, 0) is 24.9 Å². The van der Waals surface area contributed by atoms with Crippen LogP contribution >= 0.6 is 0 Å². The molecule has 14 heteroatoms. The van der Waals surface area contributed by atoms with Crippen molar-refractivity contribution < 1.29 is 74.5 Å². The van der Waals surface area contributed by atoms with Gasteiger partial charge >= 0.3 is 6.16 Å². The van der Waals surface area contributed by atoms with Crippen molar-refractivity contribution in [3.8, 4) is 0 Å². The molecule has 0 saturated carbocycles. The van der Waals surface area contributed by atoms with Crippen molar-refractivity contribution in [1.29, 1.82) is 0 Å². The summed E-state index contributed by atoms with van der Waals surface area (Å²) < 4.78 is 53.6. The smallest absolute Gasteiger partial charge is 0.450 e. The Bertz CT molecular complexity index is 1310. The van der Waals surface area contributed by atoms with E-state index >= 15 is 0 Å². The molecule has 0 atom stereocenters. The molecule has 0 aromatic heterocycles. The Labute approximate surface area is 258 Å². The molecule has 1 saturated heterocycles. The van der Waals surface area contributed by atoms with Crippen molar-refractivity contribution in [2.45, 2.75) is 33.3 Å². The zero-order valence-electron chi connectivity index (χ0n) is 22.4. The summed E-state index contributed by atoms with van der Waals surface area (Å²) >= 11 is 0. The Morgan fingerprint density at radius 3 is 1.78 bits per heavy atom. The van der Waals surface area contributed by atoms with Crippen LogP contribution in [0.2, 0.25) is 0 Å². The molecule has 0 bridgehead atoms. The Kier molecular flexibility index (Phi) is 17.5. The van der Waals surface area contributed by atoms with E-state index in [2.05, 4.69) is 33.8 Å². The van der Waals surface area contributed by atoms with Crippen LogP contribution in [-0.4, -0.2) is 35.0 Å². The zero-order valence-corrected chi connectivity index (χ0v) is 25.2. The van der Waals surface area contributed by atoms with Crippen molar-refractivity contribution in [3.63, 3.8) is 0 Å². The van der Waals surface area contributed by atoms with Crippen LogP contribution < -0.4 is 0 Å². The molecule has 1 N–H and O–H groups in total. The summed E-state index contributed by atoms with van der Waals surface area (Å²) in [5.74, 6) is -5.55. The minimum atomic E-state index is -1.37. The maximum Gasteiger partial charge on any atom is 0.506 e. The fraction of sp³-hybridized carbons (Fsp3) is 0.222. The third-order valence-corrected chi connectivity index (χ3v) is 5.03. The summed E-state index contributed by atoms with van der Waals surface area (Å²) in [6, 6.07) is 16.9. The monoisotopic (exact) mass is 651 g/mol. The fourth-order valence-corrected chi connectivity index (χ4v) is 2.77. The first-order valence-corrected chi connectivity index (χ1v) is 11.5. The van der Waals surface area contributed by atoms with Crippen LogP contribution in [0.5, 0.6) is 0 Å². The summed E-state index contributed by atoms with van der Waals surface area (Å²) in [7, 11) is 1.51. The molecule has 1 aliphatic heterocycles. The first-order chi connectivity index (χ1) is 18.9. The topological polar surface area (TPSA) is 133 Å². The Hall–Kier alpha value is -3.80. The van der Waals surface area contributed by atoms with Crippen LogP contribution in [0.4, 0.5) is 28.0 Å². The number of nitrogens with zero attached hydrogens (tertiary/aromatic N) is 4. The van der Waals surface area contributed by atoms with Crippen molar-refractivity contribution >= 4 is 23.7 Å². The third-order valence-electron chi connectivity index (χ3n) is 5.03. The Morgan fingerprint density at radius 2 is 1.44 bits per heavy atom. The number of likely N-dealkylation sites (tertiary alicyclic amines) is 1. The summed E-state index contributed by atoms with van der Waals surface area (Å²) in [6.45, 7) is 3.04. The number of hydrogen-bond donors (Lipinski definition) is 1. The van der Waals surface area contributed by atoms with Crippen molar-refractivity contribution in [3.05, 3.63) is 111 Å². The number of hydrogen-bond acceptors (Lipinski definition) is 5. The number of aryl methyl sites for hydroxylation is 1. The predicted octanol–water partition coefficient (Wildman–Crippen LogP) is 7.13. The quantitative estimate of drug-likeness (QED) is 0.0612. The Morgan fingerprint density at radius 1 is 0.951 bits per heavy atom. The summed E-state index contributed by atoms with van der Waals surface area (Å²) in [5.41, 5.74) is 9.98. The predicted molar refractivity (Wildman–Crippen MR) is 137 cm³/mol. The van der Waals surface area contributed by atoms with E-state index < -0.39 is 35.0 Å². The molecule has 1 heterocycles. The molecule has 0 aliphatic carbocycles. The number of benzene rings is 3. The van der Waals surface area contributed by atoms with Gasteiger partial charge in [-0.15, -0.1) is 0 Å². The maximum atomic E-state index is 12.4. The van der Waals surface area contributed by atoms with Crippen molar-refractivity contribution in [1.82, 2.24) is 4.90 Å². The van der Waals surface area contributed by atoms with E-state index in [0.717, 1.165) is 6.92 Å². The van der Waals surface area contributed by atoms with Crippen molar-refractivity contribution in [2.24, 2.45) is 5.11 Å². The molecule has 3 aromatic carbocycles. The van der Waals surface area contributed by atoms with Crippen molar-refractivity contribution in [2.75, 3.05) is 7.05 Å². The van der Waals surface area contributed by atoms with Crippen LogP contribution in [0.1, 0.15) is 29.5 Å². The van der Waals surface area contributed by atoms with E-state index in [1.54, 1.807) is 24.3 Å². The van der Waals surface area contributed by atoms with Gasteiger partial charge in [0.2, 0.25) is 11.8 Å². The second-order valence-electron chi connectivity index (χ2n) is 8.00. The second-order valence-corrected chi connectivity index (χ2v) is 8.00. The minimum Gasteiger partial charge on any atom is -0.450 e. The molecule has 1 radical (unpaired) electrons. The molecule has 1 aliphatic rings. The number of rotatable bonds is 3. The number of azide groups is 1. The van der Waals surface area contributed by atoms with E-state index in [4.69, 9.17) is 10.6 Å². The SMILES string of the molecule is CN1C(=O)CCC1=O.Cc1c(F)c(F)cc(F)c1F.Cc1ccccc1.[N-]=[N+]=Nc1ccc(COC(=O)O)cc1.[Y]. The largest absolute Gasteiger partial charge is 0.506 e. The number of imide groups is 1. The van der Waals surface area contributed by atoms with Gasteiger partial charge in [0.05, 0.1) is 0 Å². The van der Waals surface area contributed by atoms with Crippen LogP contribution in [-0.2, 0) is 53.6 Å². The molecule has 2 amide bonds. The number of carbonyl (C=O) groups excluding carboxylic acids is 2. The first-order valence-electron chi connectivity index (χ1n) is 11.5. The molecular weight excluding hydrogens is 625 g/mol. The van der Waals surface area contributed by atoms with E-state index in [0.29, 0.717) is 24.1 Å². The average Bonchev–Trinajstić information content (AvgIpc) is 3.23. The number of halogens is 4. The van der Waals surface area contributed by atoms with Gasteiger partial charge in [-0.2, -0.15) is 0 Å². The number of carbonyl (C=O) groups is 3. The van der Waals surface area contributed by atoms with Gasteiger partial charge in [0.1, 0.15) is 6.61 Å². The zero-order chi connectivity index (χ0) is 30.2. The molecule has 41 heavy (non-hydrogen) atoms. The summed E-state index contributed by atoms with van der Waals surface area (Å²) in [4.78, 5) is 34.8. The molecule has 0 unspecified atom stereocenters. The average molecular weight is 651 g/mol. The Balaban J connectivity index is 0.000000533. The van der Waals surface area contributed by atoms with E-state index in [1.165, 1.54) is 17.5 Å². The number of carboxylic acid groups (broad SMARTS) is 1. The molecular formula is C27H26F4N4O5Y. The summed E-state index contributed by atoms with van der Waals surface area (Å²) in [5, 5.41) is 11.6. The van der Waals surface area contributed by atoms with Crippen LogP contribution in [0, 0.1) is 37.1 Å². The molecule has 9 nitrogen and oxygen atoms in total. The molecule has 0 spiro atoms. The van der Waals surface area contributed by atoms with Crippen LogP contribution in [0.25, 0.3) is 10.4 Å². The van der Waals surface area contributed by atoms with Gasteiger partial charge < -0.3 is 9.84 Å². The van der Waals surface area contributed by atoms with E-state index in [-0.39, 0.29) is 57.2 Å². The van der Waals surface area contributed by atoms with Gasteiger partial charge in [0, 0.05) is 74.8 Å². The molecule has 215 valence electrons. The normalized spacial score (nSPS) is 11.2. The van der Waals surface area contributed by atoms with Crippen LogP contribution in [0.3, 0.4) is 0 Å². The second kappa shape index (κ2) is 19.3. The third kappa shape index (κ3) is 13.9. The molecule has 1 fully saturated rings. The summed E-state index contributed by atoms with van der Waals surface area (Å²) in [6.07, 6.45) is -0.519. The van der Waals surface area contributed by atoms with Gasteiger partial charge in [0.25, 0.3) is 0 Å². The van der Waals surface area contributed by atoms with E-state index in [1.807, 2.05) is 18.2 Å². The van der Waals surface area contributed by atoms with Gasteiger partial charge in [-0.3, -0.25) is 14.5 Å². The first kappa shape index (κ1) is 37.2. The fourth-order valence-electron chi connectivity index (χ4n) is 2.77. The molecule has 4 rings (SSSR count). The van der Waals surface area contributed by atoms with Gasteiger partial charge in [-0.25, -0.2) is 22.4 Å². The van der Waals surface area contributed by atoms with Crippen LogP contribution in [0.15, 0.2) is 65.8 Å². The maximum absolute atomic E-state index is 12.4. The molecule has 3 aromatic rings. The standard InChI is InChI=1S/C8H7N3O3.C7H4F4.C7H8.C5H7NO2.Y/c9-11-10-7-3-1-6(2-4-7)5-14-8(12)13;1-3-6(10)4(8)2-5(9)7(3)11;1-7-5-3-2-4-6-7;1-6-4(7)2-3-5(6)8;/h1-4H,5H2,(H,12,13);2H,1H3;2-6H,1H3;2-3H2,1H3;. The minimum absolute atomic E-state index is 0.